The van der Waals surface area contributed by atoms with Crippen LogP contribution in [0.1, 0.15) is 28.2 Å². The molecule has 96 valence electrons. The second-order valence-corrected chi connectivity index (χ2v) is 4.79. The van der Waals surface area contributed by atoms with Crippen molar-refractivity contribution in [1.29, 1.82) is 0 Å². The minimum Gasteiger partial charge on any atom is -0.347 e. The third-order valence-corrected chi connectivity index (χ3v) is 3.66. The summed E-state index contributed by atoms with van der Waals surface area (Å²) in [5.74, 6) is 0.532. The number of benzene rings is 1. The summed E-state index contributed by atoms with van der Waals surface area (Å²) in [6, 6.07) is 10.7. The summed E-state index contributed by atoms with van der Waals surface area (Å²) in [5, 5.41) is 2.74. The molecule has 1 atom stereocenters. The van der Waals surface area contributed by atoms with Crippen molar-refractivity contribution >= 4 is 5.82 Å². The number of rotatable bonds is 0. The number of piperazine rings is 1. The zero-order valence-corrected chi connectivity index (χ0v) is 10.4. The Kier molecular flexibility index (Phi) is 1.75. The number of aromatic nitrogens is 1. The average molecular weight is 255 g/mol. The van der Waals surface area contributed by atoms with Gasteiger partial charge in [-0.2, -0.15) is 0 Å². The highest BCUT2D eigenvalue weighted by molar-refractivity contribution is 5.56. The second kappa shape index (κ2) is 4.35. The first-order chi connectivity index (χ1) is 10.9. The normalized spacial score (nSPS) is 29.5. The molecule has 0 bridgehead atoms. The van der Waals surface area contributed by atoms with E-state index in [0.29, 0.717) is 12.2 Å². The van der Waals surface area contributed by atoms with Gasteiger partial charge in [-0.1, -0.05) is 30.3 Å². The van der Waals surface area contributed by atoms with Crippen molar-refractivity contribution in [1.82, 2.24) is 10.3 Å². The van der Waals surface area contributed by atoms with Gasteiger partial charge in [0.2, 0.25) is 0 Å². The van der Waals surface area contributed by atoms with E-state index in [1.54, 1.807) is 6.20 Å². The summed E-state index contributed by atoms with van der Waals surface area (Å²) in [4.78, 5) is 5.92. The van der Waals surface area contributed by atoms with Crippen LogP contribution in [0.25, 0.3) is 0 Å². The Morgan fingerprint density at radius 1 is 1.21 bits per heavy atom. The third-order valence-electron chi connectivity index (χ3n) is 3.66. The van der Waals surface area contributed by atoms with Crippen molar-refractivity contribution in [3.63, 3.8) is 0 Å². The monoisotopic (exact) mass is 255 g/mol. The topological polar surface area (TPSA) is 28.2 Å². The molecule has 2 aliphatic rings. The molecule has 1 aromatic heterocycles. The maximum atomic E-state index is 8.42. The summed E-state index contributed by atoms with van der Waals surface area (Å²) in [5.41, 5.74) is 2.74. The molecule has 1 aromatic carbocycles. The van der Waals surface area contributed by atoms with E-state index in [1.807, 2.05) is 36.4 Å². The van der Waals surface area contributed by atoms with Gasteiger partial charge < -0.3 is 10.2 Å². The largest absolute Gasteiger partial charge is 0.347 e. The average Bonchev–Trinajstić information content (AvgIpc) is 2.67. The maximum absolute atomic E-state index is 8.42. The molecule has 3 nitrogen and oxygen atoms in total. The molecule has 3 heteroatoms. The lowest BCUT2D eigenvalue weighted by Gasteiger charge is -2.37. The van der Waals surface area contributed by atoms with Crippen molar-refractivity contribution < 1.29 is 5.48 Å². The zero-order chi connectivity index (χ0) is 16.2. The number of pyridine rings is 1. The van der Waals surface area contributed by atoms with Gasteiger partial charge in [0.25, 0.3) is 0 Å². The molecular formula is C16H17N3. The van der Waals surface area contributed by atoms with Crippen LogP contribution >= 0.6 is 0 Å². The predicted molar refractivity (Wildman–Crippen MR) is 76.4 cm³/mol. The smallest absolute Gasteiger partial charge is 0.132 e. The standard InChI is InChI=1S/C16H17N3/c1-2-6-14-12(4-1)10-13-5-3-7-18-16(13)19-9-8-17-11-15(14)19/h1-7,15,17H,8-11H2/i9D2,11D2. The second-order valence-electron chi connectivity index (χ2n) is 4.79. The highest BCUT2D eigenvalue weighted by Crippen LogP contribution is 2.36. The molecule has 0 aliphatic carbocycles. The fraction of sp³-hybridized carbons (Fsp3) is 0.312. The van der Waals surface area contributed by atoms with Crippen LogP contribution in [0.4, 0.5) is 5.82 Å². The minimum absolute atomic E-state index is 0.0886. The first kappa shape index (κ1) is 7.65. The Morgan fingerprint density at radius 3 is 3.11 bits per heavy atom. The molecular weight excluding hydrogens is 234 g/mol. The van der Waals surface area contributed by atoms with Crippen LogP contribution in [-0.2, 0) is 6.42 Å². The van der Waals surface area contributed by atoms with Crippen molar-refractivity contribution in [2.45, 2.75) is 12.5 Å². The molecule has 1 N–H and O–H groups in total. The SMILES string of the molecule is [2H]C1([2H])NCC([2H])([2H])N2c3ncccc3Cc3ccccc3C21. The van der Waals surface area contributed by atoms with Crippen LogP contribution in [0, 0.1) is 0 Å². The zero-order valence-electron chi connectivity index (χ0n) is 14.4. The van der Waals surface area contributed by atoms with Crippen LogP contribution in [0.5, 0.6) is 0 Å². The Hall–Kier alpha value is -1.87. The number of hydrogen-bond donors (Lipinski definition) is 1. The van der Waals surface area contributed by atoms with E-state index in [4.69, 9.17) is 5.48 Å². The van der Waals surface area contributed by atoms with Crippen LogP contribution in [0.2, 0.25) is 0 Å². The van der Waals surface area contributed by atoms with Gasteiger partial charge in [0.15, 0.2) is 0 Å². The molecule has 3 heterocycles. The molecule has 1 unspecified atom stereocenters. The predicted octanol–water partition coefficient (Wildman–Crippen LogP) is 2.14. The molecule has 0 radical (unpaired) electrons. The number of anilines is 1. The van der Waals surface area contributed by atoms with Crippen molar-refractivity contribution in [3.8, 4) is 0 Å². The van der Waals surface area contributed by atoms with Crippen LogP contribution in [-0.4, -0.2) is 24.5 Å². The van der Waals surface area contributed by atoms with Gasteiger partial charge in [0.1, 0.15) is 5.82 Å². The number of hydrogen-bond acceptors (Lipinski definition) is 3. The maximum Gasteiger partial charge on any atom is 0.132 e. The fourth-order valence-electron chi connectivity index (χ4n) is 2.79. The van der Waals surface area contributed by atoms with E-state index < -0.39 is 19.0 Å². The Labute approximate surface area is 118 Å². The molecule has 0 spiro atoms. The summed E-state index contributed by atoms with van der Waals surface area (Å²) in [6.07, 6.45) is 2.26. The van der Waals surface area contributed by atoms with E-state index in [0.717, 1.165) is 16.7 Å². The molecule has 1 saturated heterocycles. The molecule has 1 fully saturated rings. The lowest BCUT2D eigenvalue weighted by molar-refractivity contribution is 0.487. The first-order valence-electron chi connectivity index (χ1n) is 8.46. The molecule has 4 rings (SSSR count). The van der Waals surface area contributed by atoms with Gasteiger partial charge in [-0.15, -0.1) is 0 Å². The fourth-order valence-corrected chi connectivity index (χ4v) is 2.79. The molecule has 19 heavy (non-hydrogen) atoms. The molecule has 0 amide bonds. The van der Waals surface area contributed by atoms with Crippen molar-refractivity contribution in [2.24, 2.45) is 0 Å². The van der Waals surface area contributed by atoms with Gasteiger partial charge in [-0.3, -0.25) is 0 Å². The molecule has 2 aliphatic heterocycles. The van der Waals surface area contributed by atoms with E-state index in [9.17, 15) is 0 Å². The summed E-state index contributed by atoms with van der Waals surface area (Å²) in [6.45, 7) is -3.56. The highest BCUT2D eigenvalue weighted by atomic mass is 15.3. The van der Waals surface area contributed by atoms with Gasteiger partial charge in [-0.05, 0) is 22.8 Å². The molecule has 0 saturated carbocycles. The quantitative estimate of drug-likeness (QED) is 0.781. The van der Waals surface area contributed by atoms with Crippen LogP contribution < -0.4 is 10.2 Å². The van der Waals surface area contributed by atoms with E-state index in [1.165, 1.54) is 4.90 Å². The minimum atomic E-state index is -1.75. The highest BCUT2D eigenvalue weighted by Gasteiger charge is 2.30. The van der Waals surface area contributed by atoms with E-state index >= 15 is 0 Å². The van der Waals surface area contributed by atoms with Gasteiger partial charge >= 0.3 is 0 Å². The van der Waals surface area contributed by atoms with Gasteiger partial charge in [0.05, 0.1) is 8.78 Å². The lowest BCUT2D eigenvalue weighted by Crippen LogP contribution is -2.46. The van der Waals surface area contributed by atoms with Crippen molar-refractivity contribution in [3.05, 3.63) is 59.3 Å². The van der Waals surface area contributed by atoms with E-state index in [2.05, 4.69) is 10.3 Å². The number of nitrogens with one attached hydrogen (secondary N) is 1. The van der Waals surface area contributed by atoms with Crippen molar-refractivity contribution in [2.75, 3.05) is 24.4 Å². The Bertz CT molecular complexity index is 699. The van der Waals surface area contributed by atoms with Crippen LogP contribution in [0.3, 0.4) is 0 Å². The van der Waals surface area contributed by atoms with E-state index in [-0.39, 0.29) is 6.54 Å². The third kappa shape index (κ3) is 1.73. The summed E-state index contributed by atoms with van der Waals surface area (Å²) < 4.78 is 33.7. The lowest BCUT2D eigenvalue weighted by atomic mass is 9.96. The Balaban J connectivity index is 2.03. The number of fused-ring (bicyclic) bond motifs is 5. The number of nitrogens with zero attached hydrogens (tertiary/aromatic N) is 2. The summed E-state index contributed by atoms with van der Waals surface area (Å²) >= 11 is 0. The van der Waals surface area contributed by atoms with Gasteiger partial charge in [0, 0.05) is 34.9 Å². The molecule has 2 aromatic rings. The first-order valence-corrected chi connectivity index (χ1v) is 6.46. The Morgan fingerprint density at radius 2 is 2.11 bits per heavy atom. The van der Waals surface area contributed by atoms with Gasteiger partial charge in [-0.25, -0.2) is 4.98 Å². The summed E-state index contributed by atoms with van der Waals surface area (Å²) in [7, 11) is 0. The van der Waals surface area contributed by atoms with Crippen LogP contribution in [0.15, 0.2) is 42.6 Å².